The number of sulfonamides is 1. The highest BCUT2D eigenvalue weighted by Crippen LogP contribution is 2.37. The van der Waals surface area contributed by atoms with Crippen molar-refractivity contribution >= 4 is 39.1 Å². The van der Waals surface area contributed by atoms with Crippen molar-refractivity contribution in [3.8, 4) is 0 Å². The third-order valence-corrected chi connectivity index (χ3v) is 8.51. The molecule has 40 heavy (non-hydrogen) atoms. The molecule has 7 nitrogen and oxygen atoms in total. The molecule has 220 valence electrons. The van der Waals surface area contributed by atoms with Crippen LogP contribution in [0.15, 0.2) is 48.5 Å². The summed E-state index contributed by atoms with van der Waals surface area (Å²) in [4.78, 5) is 28.4. The number of amides is 2. The molecule has 2 amide bonds. The van der Waals surface area contributed by atoms with Crippen LogP contribution >= 0.6 is 11.6 Å². The van der Waals surface area contributed by atoms with Gasteiger partial charge in [0.1, 0.15) is 12.6 Å². The Morgan fingerprint density at radius 3 is 2.30 bits per heavy atom. The molecule has 1 aliphatic carbocycles. The molecule has 1 N–H and O–H groups in total. The Hall–Kier alpha value is -2.79. The number of nitrogens with zero attached hydrogens (tertiary/aromatic N) is 2. The monoisotopic (exact) mass is 601 g/mol. The highest BCUT2D eigenvalue weighted by Gasteiger charge is 2.36. The summed E-state index contributed by atoms with van der Waals surface area (Å²) in [7, 11) is -4.19. The van der Waals surface area contributed by atoms with E-state index in [9.17, 15) is 31.2 Å². The van der Waals surface area contributed by atoms with Gasteiger partial charge in [-0.2, -0.15) is 13.2 Å². The lowest BCUT2D eigenvalue weighted by Crippen LogP contribution is -2.54. The van der Waals surface area contributed by atoms with Gasteiger partial charge in [0.25, 0.3) is 0 Å². The zero-order valence-corrected chi connectivity index (χ0v) is 24.2. The van der Waals surface area contributed by atoms with Crippen LogP contribution in [0.4, 0.5) is 18.9 Å². The van der Waals surface area contributed by atoms with Gasteiger partial charge < -0.3 is 10.2 Å². The minimum Gasteiger partial charge on any atom is -0.352 e. The first kappa shape index (κ1) is 31.7. The molecule has 1 atom stereocenters. The van der Waals surface area contributed by atoms with Gasteiger partial charge in [0.15, 0.2) is 0 Å². The Labute approximate surface area is 238 Å². The number of rotatable bonds is 11. The molecule has 1 fully saturated rings. The van der Waals surface area contributed by atoms with Crippen molar-refractivity contribution in [2.24, 2.45) is 0 Å². The molecule has 2 aromatic carbocycles. The number of halogens is 4. The normalized spacial score (nSPS) is 15.3. The van der Waals surface area contributed by atoms with E-state index in [0.717, 1.165) is 56.1 Å². The van der Waals surface area contributed by atoms with Crippen LogP contribution in [0.2, 0.25) is 5.02 Å². The third-order valence-electron chi connectivity index (χ3n) is 7.04. The largest absolute Gasteiger partial charge is 0.417 e. The molecule has 0 spiro atoms. The van der Waals surface area contributed by atoms with E-state index in [1.807, 2.05) is 30.3 Å². The van der Waals surface area contributed by atoms with E-state index in [-0.39, 0.29) is 30.6 Å². The predicted molar refractivity (Wildman–Crippen MR) is 150 cm³/mol. The smallest absolute Gasteiger partial charge is 0.352 e. The molecule has 1 unspecified atom stereocenters. The van der Waals surface area contributed by atoms with Gasteiger partial charge in [0.05, 0.1) is 22.5 Å². The second kappa shape index (κ2) is 13.7. The number of benzene rings is 2. The lowest BCUT2D eigenvalue weighted by molar-refractivity contribution is -0.140. The van der Waals surface area contributed by atoms with Crippen molar-refractivity contribution < 1.29 is 31.2 Å². The topological polar surface area (TPSA) is 86.8 Å². The van der Waals surface area contributed by atoms with Crippen LogP contribution in [0.5, 0.6) is 0 Å². The van der Waals surface area contributed by atoms with Crippen molar-refractivity contribution in [3.05, 3.63) is 64.7 Å². The fraction of sp³-hybridized carbons (Fsp3) is 0.500. The standard InChI is InChI=1S/C28H35ClF3N3O4S/c1-3-25(27(37)33-21-12-8-5-9-13-21)34(17-16-20-10-6-4-7-11-20)26(36)19-35(40(2,38)39)22-14-15-24(29)23(18-22)28(30,31)32/h4,6-7,10-11,14-15,18,21,25H,3,5,8-9,12-13,16-17,19H2,1-2H3,(H,33,37). The summed E-state index contributed by atoms with van der Waals surface area (Å²) < 4.78 is 66.5. The van der Waals surface area contributed by atoms with Gasteiger partial charge in [-0.1, -0.05) is 68.1 Å². The molecule has 0 radical (unpaired) electrons. The molecule has 1 aliphatic rings. The predicted octanol–water partition coefficient (Wildman–Crippen LogP) is 5.42. The first-order chi connectivity index (χ1) is 18.8. The summed E-state index contributed by atoms with van der Waals surface area (Å²) in [5.41, 5.74) is -0.655. The second-order valence-electron chi connectivity index (χ2n) is 10.0. The molecular formula is C28H35ClF3N3O4S. The molecule has 0 bridgehead atoms. The van der Waals surface area contributed by atoms with E-state index in [0.29, 0.717) is 16.8 Å². The Morgan fingerprint density at radius 2 is 1.73 bits per heavy atom. The van der Waals surface area contributed by atoms with Gasteiger partial charge in [-0.15, -0.1) is 0 Å². The molecular weight excluding hydrogens is 567 g/mol. The van der Waals surface area contributed by atoms with E-state index < -0.39 is 45.3 Å². The Balaban J connectivity index is 1.92. The highest BCUT2D eigenvalue weighted by molar-refractivity contribution is 7.92. The molecule has 12 heteroatoms. The Morgan fingerprint density at radius 1 is 1.07 bits per heavy atom. The molecule has 1 saturated carbocycles. The fourth-order valence-corrected chi connectivity index (χ4v) is 6.01. The van der Waals surface area contributed by atoms with Crippen LogP contribution < -0.4 is 9.62 Å². The number of anilines is 1. The van der Waals surface area contributed by atoms with Crippen LogP contribution in [0.25, 0.3) is 0 Å². The van der Waals surface area contributed by atoms with Crippen LogP contribution in [0, 0.1) is 0 Å². The molecule has 0 aromatic heterocycles. The van der Waals surface area contributed by atoms with Crippen molar-refractivity contribution in [2.75, 3.05) is 23.7 Å². The zero-order chi connectivity index (χ0) is 29.5. The maximum Gasteiger partial charge on any atom is 0.417 e. The van der Waals surface area contributed by atoms with Crippen molar-refractivity contribution in [3.63, 3.8) is 0 Å². The lowest BCUT2D eigenvalue weighted by Gasteiger charge is -2.34. The van der Waals surface area contributed by atoms with E-state index >= 15 is 0 Å². The third kappa shape index (κ3) is 8.60. The second-order valence-corrected chi connectivity index (χ2v) is 12.3. The van der Waals surface area contributed by atoms with Crippen molar-refractivity contribution in [1.29, 1.82) is 0 Å². The van der Waals surface area contributed by atoms with Crippen LogP contribution in [-0.2, 0) is 32.2 Å². The number of carbonyl (C=O) groups is 2. The van der Waals surface area contributed by atoms with Gasteiger partial charge >= 0.3 is 6.18 Å². The molecule has 0 heterocycles. The maximum atomic E-state index is 13.7. The zero-order valence-electron chi connectivity index (χ0n) is 22.6. The van der Waals surface area contributed by atoms with Crippen LogP contribution in [0.1, 0.15) is 56.6 Å². The highest BCUT2D eigenvalue weighted by atomic mass is 35.5. The van der Waals surface area contributed by atoms with Crippen LogP contribution in [-0.4, -0.2) is 56.6 Å². The van der Waals surface area contributed by atoms with Gasteiger partial charge in [0, 0.05) is 12.6 Å². The minimum absolute atomic E-state index is 0.00347. The van der Waals surface area contributed by atoms with E-state index in [2.05, 4.69) is 5.32 Å². The van der Waals surface area contributed by atoms with Gasteiger partial charge in [-0.05, 0) is 49.4 Å². The number of hydrogen-bond donors (Lipinski definition) is 1. The molecule has 3 rings (SSSR count). The Kier molecular flexibility index (Phi) is 10.9. The summed E-state index contributed by atoms with van der Waals surface area (Å²) >= 11 is 5.72. The number of nitrogens with one attached hydrogen (secondary N) is 1. The number of alkyl halides is 3. The summed E-state index contributed by atoms with van der Waals surface area (Å²) in [6.07, 6.45) is 1.46. The summed E-state index contributed by atoms with van der Waals surface area (Å²) in [5, 5.41) is 2.45. The van der Waals surface area contributed by atoms with E-state index in [1.54, 1.807) is 6.92 Å². The van der Waals surface area contributed by atoms with Crippen molar-refractivity contribution in [2.45, 2.75) is 70.1 Å². The fourth-order valence-electron chi connectivity index (χ4n) is 4.94. The summed E-state index contributed by atoms with van der Waals surface area (Å²) in [6, 6.07) is 11.1. The first-order valence-corrected chi connectivity index (χ1v) is 15.5. The van der Waals surface area contributed by atoms with Gasteiger partial charge in [0.2, 0.25) is 21.8 Å². The average molecular weight is 602 g/mol. The lowest BCUT2D eigenvalue weighted by atomic mass is 9.95. The Bertz CT molecular complexity index is 1270. The summed E-state index contributed by atoms with van der Waals surface area (Å²) in [6.45, 7) is 1.10. The maximum absolute atomic E-state index is 13.7. The summed E-state index contributed by atoms with van der Waals surface area (Å²) in [5.74, 6) is -1.02. The van der Waals surface area contributed by atoms with E-state index in [4.69, 9.17) is 11.6 Å². The van der Waals surface area contributed by atoms with Crippen molar-refractivity contribution in [1.82, 2.24) is 10.2 Å². The van der Waals surface area contributed by atoms with E-state index in [1.165, 1.54) is 4.90 Å². The van der Waals surface area contributed by atoms with Crippen LogP contribution in [0.3, 0.4) is 0 Å². The number of hydrogen-bond acceptors (Lipinski definition) is 4. The minimum atomic E-state index is -4.83. The molecule has 0 aliphatic heterocycles. The SMILES string of the molecule is CCC(C(=O)NC1CCCCC1)N(CCc1ccccc1)C(=O)CN(c1ccc(Cl)c(C(F)(F)F)c1)S(C)(=O)=O. The average Bonchev–Trinajstić information content (AvgIpc) is 2.89. The van der Waals surface area contributed by atoms with Gasteiger partial charge in [-0.3, -0.25) is 13.9 Å². The first-order valence-electron chi connectivity index (χ1n) is 13.3. The molecule has 2 aromatic rings. The molecule has 0 saturated heterocycles. The van der Waals surface area contributed by atoms with Gasteiger partial charge in [-0.25, -0.2) is 8.42 Å². The number of carbonyl (C=O) groups excluding carboxylic acids is 2. The quantitative estimate of drug-likeness (QED) is 0.372.